The molecule has 2 aromatic rings. The Balaban J connectivity index is 0.000000616. The number of allylic oxidation sites excluding steroid dienone is 4. The predicted octanol–water partition coefficient (Wildman–Crippen LogP) is 5.36. The van der Waals surface area contributed by atoms with Crippen LogP contribution < -0.4 is 0 Å². The third-order valence-electron chi connectivity index (χ3n) is 3.28. The van der Waals surface area contributed by atoms with Gasteiger partial charge in [-0.3, -0.25) is 9.59 Å². The van der Waals surface area contributed by atoms with E-state index in [0.29, 0.717) is 11.1 Å². The van der Waals surface area contributed by atoms with Gasteiger partial charge in [-0.15, -0.1) is 24.8 Å². The zero-order chi connectivity index (χ0) is 16.5. The van der Waals surface area contributed by atoms with Crippen molar-refractivity contribution in [1.29, 1.82) is 0 Å². The molecule has 0 aromatic heterocycles. The minimum atomic E-state index is -0.139. The van der Waals surface area contributed by atoms with Gasteiger partial charge in [-0.05, 0) is 0 Å². The summed E-state index contributed by atoms with van der Waals surface area (Å²) in [6.45, 7) is 0. The molecule has 0 amide bonds. The number of hydrogen-bond donors (Lipinski definition) is 0. The minimum absolute atomic E-state index is 0. The predicted molar refractivity (Wildman–Crippen MR) is 102 cm³/mol. The van der Waals surface area contributed by atoms with E-state index in [1.165, 1.54) is 10.3 Å². The first-order valence-electron chi connectivity index (χ1n) is 7.40. The summed E-state index contributed by atoms with van der Waals surface area (Å²) in [5.74, 6) is -0.279. The fraction of sp³-hybridized carbons (Fsp3) is 0.100. The van der Waals surface area contributed by atoms with Crippen molar-refractivity contribution in [3.63, 3.8) is 0 Å². The second kappa shape index (κ2) is 12.9. The zero-order valence-corrected chi connectivity index (χ0v) is 16.7. The van der Waals surface area contributed by atoms with Gasteiger partial charge in [-0.25, -0.2) is 0 Å². The normalized spacial score (nSPS) is 11.1. The molecule has 0 saturated heterocycles. The van der Waals surface area contributed by atoms with Crippen LogP contribution in [0, 0.1) is 0 Å². The molecule has 0 bridgehead atoms. The topological polar surface area (TPSA) is 34.1 Å². The first kappa shape index (κ1) is 23.6. The van der Waals surface area contributed by atoms with E-state index in [4.69, 9.17) is 0 Å². The van der Waals surface area contributed by atoms with E-state index in [1.807, 2.05) is 12.1 Å². The van der Waals surface area contributed by atoms with Crippen LogP contribution in [0.15, 0.2) is 82.8 Å². The molecule has 0 heterocycles. The Morgan fingerprint density at radius 3 is 1.52 bits per heavy atom. The summed E-state index contributed by atoms with van der Waals surface area (Å²) in [5, 5.41) is 0. The molecule has 0 atom stereocenters. The molecule has 1 aliphatic rings. The molecule has 0 saturated carbocycles. The molecule has 0 N–H and O–H groups in total. The first-order chi connectivity index (χ1) is 11.2. The monoisotopic (exact) mass is 409 g/mol. The fourth-order valence-electron chi connectivity index (χ4n) is 2.05. The Morgan fingerprint density at radius 1 is 0.800 bits per heavy atom. The SMILES string of the molecule is Cl.Cl.O=C(CC(=O)c1ccccc1)c1ccccc1.[Ti][C]1=CC=CC1. The van der Waals surface area contributed by atoms with Gasteiger partial charge in [0.05, 0.1) is 6.42 Å². The molecule has 3 rings (SSSR count). The Hall–Kier alpha value is -1.45. The van der Waals surface area contributed by atoms with Crippen LogP contribution in [0.5, 0.6) is 0 Å². The van der Waals surface area contributed by atoms with E-state index in [-0.39, 0.29) is 42.8 Å². The van der Waals surface area contributed by atoms with Crippen LogP contribution in [0.2, 0.25) is 0 Å². The molecule has 2 aromatic carbocycles. The molecule has 2 nitrogen and oxygen atoms in total. The van der Waals surface area contributed by atoms with Crippen LogP contribution in [0.25, 0.3) is 0 Å². The Kier molecular flexibility index (Phi) is 12.1. The molecule has 0 fully saturated rings. The summed E-state index contributed by atoms with van der Waals surface area (Å²) in [4.78, 5) is 23.6. The van der Waals surface area contributed by atoms with Gasteiger partial charge < -0.3 is 0 Å². The molecule has 0 unspecified atom stereocenters. The third-order valence-corrected chi connectivity index (χ3v) is 3.86. The van der Waals surface area contributed by atoms with Crippen molar-refractivity contribution in [2.75, 3.05) is 0 Å². The molecule has 25 heavy (non-hydrogen) atoms. The van der Waals surface area contributed by atoms with E-state index in [9.17, 15) is 9.59 Å². The number of halogens is 2. The van der Waals surface area contributed by atoms with Crippen molar-refractivity contribution in [3.05, 3.63) is 93.9 Å². The van der Waals surface area contributed by atoms with E-state index >= 15 is 0 Å². The van der Waals surface area contributed by atoms with Gasteiger partial charge in [0.2, 0.25) is 0 Å². The van der Waals surface area contributed by atoms with Crippen LogP contribution in [0.4, 0.5) is 0 Å². The second-order valence-electron chi connectivity index (χ2n) is 5.08. The summed E-state index contributed by atoms with van der Waals surface area (Å²) >= 11 is 2.14. The first-order valence-corrected chi connectivity index (χ1v) is 8.18. The number of ketones is 2. The quantitative estimate of drug-likeness (QED) is 0.386. The number of benzene rings is 2. The molecule has 0 radical (unpaired) electrons. The van der Waals surface area contributed by atoms with Gasteiger partial charge in [-0.2, -0.15) is 0 Å². The van der Waals surface area contributed by atoms with Crippen molar-refractivity contribution < 1.29 is 30.0 Å². The van der Waals surface area contributed by atoms with E-state index in [0.717, 1.165) is 0 Å². The average Bonchev–Trinajstić information content (AvgIpc) is 3.08. The molecule has 0 aliphatic heterocycles. The summed E-state index contributed by atoms with van der Waals surface area (Å²) in [6.07, 6.45) is 7.48. The van der Waals surface area contributed by atoms with E-state index in [2.05, 4.69) is 38.7 Å². The maximum absolute atomic E-state index is 11.8. The van der Waals surface area contributed by atoms with Gasteiger partial charge >= 0.3 is 49.0 Å². The number of hydrogen-bond acceptors (Lipinski definition) is 2. The second-order valence-corrected chi connectivity index (χ2v) is 6.08. The average molecular weight is 410 g/mol. The fourth-order valence-corrected chi connectivity index (χ4v) is 2.38. The van der Waals surface area contributed by atoms with Crippen LogP contribution in [-0.4, -0.2) is 11.6 Å². The van der Waals surface area contributed by atoms with Crippen LogP contribution in [0.3, 0.4) is 0 Å². The van der Waals surface area contributed by atoms with Gasteiger partial charge in [0.1, 0.15) is 0 Å². The third kappa shape index (κ3) is 8.46. The standard InChI is InChI=1S/C15H12O2.C5H5.2ClH.Ti/c16-14(12-7-3-1-4-8-12)11-15(17)13-9-5-2-6-10-13;1-2-4-5-3-1;;;/h1-10H,11H2;1-3H,4H2;2*1H;. The Morgan fingerprint density at radius 2 is 1.24 bits per heavy atom. The van der Waals surface area contributed by atoms with Gasteiger partial charge in [0.25, 0.3) is 0 Å². The van der Waals surface area contributed by atoms with Crippen molar-refractivity contribution >= 4 is 36.4 Å². The maximum atomic E-state index is 11.8. The van der Waals surface area contributed by atoms with Gasteiger partial charge in [0, 0.05) is 11.1 Å². The summed E-state index contributed by atoms with van der Waals surface area (Å²) in [6, 6.07) is 17.7. The number of carbonyl (C=O) groups excluding carboxylic acids is 2. The van der Waals surface area contributed by atoms with Crippen molar-refractivity contribution in [3.8, 4) is 0 Å². The van der Waals surface area contributed by atoms with Crippen molar-refractivity contribution in [1.82, 2.24) is 0 Å². The Bertz CT molecular complexity index is 676. The molecular formula is C20H19Cl2O2Ti. The van der Waals surface area contributed by atoms with Crippen LogP contribution >= 0.6 is 24.8 Å². The molecule has 1 aliphatic carbocycles. The van der Waals surface area contributed by atoms with Crippen LogP contribution in [0.1, 0.15) is 33.6 Å². The summed E-state index contributed by atoms with van der Waals surface area (Å²) in [7, 11) is 0. The van der Waals surface area contributed by atoms with E-state index < -0.39 is 0 Å². The Labute approximate surface area is 172 Å². The number of Topliss-reactive ketones (excluding diaryl/α,β-unsaturated/α-hetero) is 2. The van der Waals surface area contributed by atoms with Crippen molar-refractivity contribution in [2.45, 2.75) is 12.8 Å². The molecule has 129 valence electrons. The van der Waals surface area contributed by atoms with Gasteiger partial charge in [0.15, 0.2) is 11.6 Å². The number of carbonyl (C=O) groups is 2. The van der Waals surface area contributed by atoms with Gasteiger partial charge in [-0.1, -0.05) is 60.7 Å². The number of rotatable bonds is 4. The molecule has 0 spiro atoms. The van der Waals surface area contributed by atoms with Crippen LogP contribution in [-0.2, 0) is 20.4 Å². The zero-order valence-electron chi connectivity index (χ0n) is 13.6. The molecular weight excluding hydrogens is 391 g/mol. The van der Waals surface area contributed by atoms with E-state index in [1.54, 1.807) is 48.5 Å². The summed E-state index contributed by atoms with van der Waals surface area (Å²) in [5.41, 5.74) is 1.16. The van der Waals surface area contributed by atoms with Crippen molar-refractivity contribution in [2.24, 2.45) is 0 Å². The summed E-state index contributed by atoms with van der Waals surface area (Å²) < 4.78 is 1.47. The molecule has 5 heteroatoms.